The predicted octanol–water partition coefficient (Wildman–Crippen LogP) is 1.84. The zero-order valence-electron chi connectivity index (χ0n) is 8.39. The van der Waals surface area contributed by atoms with Gasteiger partial charge in [-0.25, -0.2) is 4.68 Å². The van der Waals surface area contributed by atoms with E-state index in [1.807, 2.05) is 4.68 Å². The van der Waals surface area contributed by atoms with Gasteiger partial charge in [-0.2, -0.15) is 0 Å². The molecule has 4 nitrogen and oxygen atoms in total. The van der Waals surface area contributed by atoms with Crippen molar-refractivity contribution in [2.45, 2.75) is 38.6 Å². The Labute approximate surface area is 83.3 Å². The molecule has 0 N–H and O–H groups in total. The highest BCUT2D eigenvalue weighted by Gasteiger charge is 2.21. The van der Waals surface area contributed by atoms with Crippen LogP contribution in [0.3, 0.4) is 0 Å². The molecule has 0 saturated heterocycles. The molecule has 4 heteroatoms. The molecule has 76 valence electrons. The molecule has 2 rings (SSSR count). The van der Waals surface area contributed by atoms with Crippen molar-refractivity contribution in [3.63, 3.8) is 0 Å². The number of aldehydes is 1. The van der Waals surface area contributed by atoms with E-state index in [-0.39, 0.29) is 0 Å². The van der Waals surface area contributed by atoms with Crippen LogP contribution in [0.25, 0.3) is 0 Å². The highest BCUT2D eigenvalue weighted by molar-refractivity contribution is 5.70. The minimum Gasteiger partial charge on any atom is -0.296 e. The molecule has 0 aliphatic heterocycles. The van der Waals surface area contributed by atoms with Gasteiger partial charge in [0.2, 0.25) is 0 Å². The Bertz CT molecular complexity index is 321. The minimum atomic E-state index is 0.434. The average molecular weight is 193 g/mol. The lowest BCUT2D eigenvalue weighted by Gasteiger charge is -2.26. The average Bonchev–Trinajstić information content (AvgIpc) is 2.66. The van der Waals surface area contributed by atoms with Crippen LogP contribution in [0.1, 0.15) is 49.1 Å². The molecule has 0 aromatic carbocycles. The van der Waals surface area contributed by atoms with Crippen molar-refractivity contribution in [3.8, 4) is 0 Å². The molecule has 1 saturated carbocycles. The molecule has 1 aliphatic carbocycles. The Morgan fingerprint density at radius 2 is 2.43 bits per heavy atom. The van der Waals surface area contributed by atoms with E-state index in [9.17, 15) is 4.79 Å². The lowest BCUT2D eigenvalue weighted by atomic mass is 9.87. The standard InChI is InChI=1S/C10H15N3O/c1-8-3-2-4-10(5-8)13-6-9(7-14)11-12-13/h6-8,10H,2-5H2,1H3. The van der Waals surface area contributed by atoms with E-state index in [0.717, 1.165) is 25.0 Å². The van der Waals surface area contributed by atoms with E-state index >= 15 is 0 Å². The van der Waals surface area contributed by atoms with Gasteiger partial charge < -0.3 is 0 Å². The fourth-order valence-electron chi connectivity index (χ4n) is 2.17. The summed E-state index contributed by atoms with van der Waals surface area (Å²) in [5, 5.41) is 7.76. The van der Waals surface area contributed by atoms with Gasteiger partial charge in [0, 0.05) is 0 Å². The van der Waals surface area contributed by atoms with Crippen molar-refractivity contribution in [2.24, 2.45) is 5.92 Å². The molecule has 2 atom stereocenters. The third kappa shape index (κ3) is 1.84. The van der Waals surface area contributed by atoms with Gasteiger partial charge in [0.15, 0.2) is 6.29 Å². The summed E-state index contributed by atoms with van der Waals surface area (Å²) in [5.41, 5.74) is 0.434. The molecule has 1 aromatic heterocycles. The summed E-state index contributed by atoms with van der Waals surface area (Å²) >= 11 is 0. The summed E-state index contributed by atoms with van der Waals surface area (Å²) < 4.78 is 1.85. The maximum Gasteiger partial charge on any atom is 0.171 e. The second-order valence-electron chi connectivity index (χ2n) is 4.17. The van der Waals surface area contributed by atoms with Crippen LogP contribution in [0.15, 0.2) is 6.20 Å². The summed E-state index contributed by atoms with van der Waals surface area (Å²) in [4.78, 5) is 10.5. The predicted molar refractivity (Wildman–Crippen MR) is 52.1 cm³/mol. The van der Waals surface area contributed by atoms with Crippen molar-refractivity contribution in [3.05, 3.63) is 11.9 Å². The maximum absolute atomic E-state index is 10.5. The highest BCUT2D eigenvalue weighted by atomic mass is 16.1. The Kier molecular flexibility index (Phi) is 2.61. The number of hydrogen-bond donors (Lipinski definition) is 0. The minimum absolute atomic E-state index is 0.434. The summed E-state index contributed by atoms with van der Waals surface area (Å²) in [5.74, 6) is 0.762. The third-order valence-corrected chi connectivity index (χ3v) is 2.93. The zero-order chi connectivity index (χ0) is 9.97. The van der Waals surface area contributed by atoms with Crippen LogP contribution in [-0.2, 0) is 0 Å². The number of hydrogen-bond acceptors (Lipinski definition) is 3. The monoisotopic (exact) mass is 193 g/mol. The lowest BCUT2D eigenvalue weighted by molar-refractivity contribution is 0.111. The van der Waals surface area contributed by atoms with Gasteiger partial charge in [-0.1, -0.05) is 25.0 Å². The zero-order valence-corrected chi connectivity index (χ0v) is 8.39. The molecule has 1 fully saturated rings. The first kappa shape index (κ1) is 9.37. The Morgan fingerprint density at radius 1 is 1.57 bits per heavy atom. The van der Waals surface area contributed by atoms with Gasteiger partial charge in [0.1, 0.15) is 5.69 Å². The first-order valence-corrected chi connectivity index (χ1v) is 5.16. The second-order valence-corrected chi connectivity index (χ2v) is 4.17. The van der Waals surface area contributed by atoms with E-state index in [1.54, 1.807) is 6.20 Å². The van der Waals surface area contributed by atoms with Crippen molar-refractivity contribution < 1.29 is 4.79 Å². The molecule has 0 spiro atoms. The van der Waals surface area contributed by atoms with E-state index in [1.165, 1.54) is 12.8 Å². The van der Waals surface area contributed by atoms with E-state index in [2.05, 4.69) is 17.2 Å². The summed E-state index contributed by atoms with van der Waals surface area (Å²) in [6.45, 7) is 2.27. The molecule has 14 heavy (non-hydrogen) atoms. The van der Waals surface area contributed by atoms with Crippen molar-refractivity contribution in [1.29, 1.82) is 0 Å². The van der Waals surface area contributed by atoms with Gasteiger partial charge >= 0.3 is 0 Å². The first-order valence-electron chi connectivity index (χ1n) is 5.16. The fraction of sp³-hybridized carbons (Fsp3) is 0.700. The molecule has 1 aliphatic rings. The molecule has 0 amide bonds. The van der Waals surface area contributed by atoms with E-state index in [0.29, 0.717) is 11.7 Å². The number of carbonyl (C=O) groups excluding carboxylic acids is 1. The fourth-order valence-corrected chi connectivity index (χ4v) is 2.17. The largest absolute Gasteiger partial charge is 0.296 e. The molecule has 1 aromatic rings. The summed E-state index contributed by atoms with van der Waals surface area (Å²) in [7, 11) is 0. The Morgan fingerprint density at radius 3 is 3.07 bits per heavy atom. The number of carbonyl (C=O) groups is 1. The molecule has 0 bridgehead atoms. The van der Waals surface area contributed by atoms with Gasteiger partial charge in [-0.05, 0) is 18.8 Å². The quantitative estimate of drug-likeness (QED) is 0.673. The summed E-state index contributed by atoms with van der Waals surface area (Å²) in [6, 6.07) is 0.444. The van der Waals surface area contributed by atoms with E-state index in [4.69, 9.17) is 0 Å². The van der Waals surface area contributed by atoms with Crippen LogP contribution in [0.2, 0.25) is 0 Å². The lowest BCUT2D eigenvalue weighted by Crippen LogP contribution is -2.18. The molecular formula is C10H15N3O. The number of rotatable bonds is 2. The van der Waals surface area contributed by atoms with Gasteiger partial charge in [-0.3, -0.25) is 4.79 Å². The highest BCUT2D eigenvalue weighted by Crippen LogP contribution is 2.31. The van der Waals surface area contributed by atoms with Gasteiger partial charge in [0.25, 0.3) is 0 Å². The molecule has 0 radical (unpaired) electrons. The Hall–Kier alpha value is -1.19. The molecule has 1 heterocycles. The molecular weight excluding hydrogens is 178 g/mol. The Balaban J connectivity index is 2.09. The summed E-state index contributed by atoms with van der Waals surface area (Å²) in [6.07, 6.45) is 7.37. The number of aromatic nitrogens is 3. The van der Waals surface area contributed by atoms with Crippen molar-refractivity contribution >= 4 is 6.29 Å². The van der Waals surface area contributed by atoms with Gasteiger partial charge in [-0.15, -0.1) is 5.10 Å². The van der Waals surface area contributed by atoms with Crippen molar-refractivity contribution in [1.82, 2.24) is 15.0 Å². The first-order chi connectivity index (χ1) is 6.79. The third-order valence-electron chi connectivity index (χ3n) is 2.93. The van der Waals surface area contributed by atoms with Gasteiger partial charge in [0.05, 0.1) is 12.2 Å². The topological polar surface area (TPSA) is 47.8 Å². The van der Waals surface area contributed by atoms with Crippen LogP contribution in [-0.4, -0.2) is 21.3 Å². The SMILES string of the molecule is CC1CCCC(n2cc(C=O)nn2)C1. The second kappa shape index (κ2) is 3.90. The smallest absolute Gasteiger partial charge is 0.171 e. The normalized spacial score (nSPS) is 27.5. The van der Waals surface area contributed by atoms with Crippen LogP contribution in [0.4, 0.5) is 0 Å². The van der Waals surface area contributed by atoms with Crippen LogP contribution < -0.4 is 0 Å². The van der Waals surface area contributed by atoms with Crippen LogP contribution >= 0.6 is 0 Å². The van der Waals surface area contributed by atoms with Crippen LogP contribution in [0.5, 0.6) is 0 Å². The van der Waals surface area contributed by atoms with Crippen LogP contribution in [0, 0.1) is 5.92 Å². The maximum atomic E-state index is 10.5. The van der Waals surface area contributed by atoms with Crippen molar-refractivity contribution in [2.75, 3.05) is 0 Å². The van der Waals surface area contributed by atoms with E-state index < -0.39 is 0 Å². The molecule has 2 unspecified atom stereocenters. The number of nitrogens with zero attached hydrogens (tertiary/aromatic N) is 3.